The second-order valence-corrected chi connectivity index (χ2v) is 5.77. The van der Waals surface area contributed by atoms with E-state index in [4.69, 9.17) is 46.4 Å². The molecule has 0 bridgehead atoms. The Morgan fingerprint density at radius 3 is 2.28 bits per heavy atom. The third-order valence-electron chi connectivity index (χ3n) is 2.60. The molecule has 0 saturated heterocycles. The molecule has 94 valence electrons. The molecule has 1 atom stereocenters. The Morgan fingerprint density at radius 1 is 0.889 bits per heavy atom. The molecular formula is C14H10Cl4. The van der Waals surface area contributed by atoms with E-state index in [1.54, 1.807) is 12.1 Å². The second-order valence-electron chi connectivity index (χ2n) is 3.97. The van der Waals surface area contributed by atoms with Crippen molar-refractivity contribution in [3.63, 3.8) is 0 Å². The van der Waals surface area contributed by atoms with Gasteiger partial charge in [0.05, 0.1) is 5.38 Å². The monoisotopic (exact) mass is 318 g/mol. The van der Waals surface area contributed by atoms with E-state index in [0.717, 1.165) is 11.1 Å². The fraction of sp³-hybridized carbons (Fsp3) is 0.143. The van der Waals surface area contributed by atoms with Crippen molar-refractivity contribution in [2.45, 2.75) is 11.8 Å². The summed E-state index contributed by atoms with van der Waals surface area (Å²) in [7, 11) is 0. The van der Waals surface area contributed by atoms with Crippen molar-refractivity contribution in [2.75, 3.05) is 0 Å². The van der Waals surface area contributed by atoms with E-state index in [1.807, 2.05) is 30.3 Å². The smallest absolute Gasteiger partial charge is 0.0640 e. The zero-order valence-corrected chi connectivity index (χ0v) is 12.4. The Kier molecular flexibility index (Phi) is 4.80. The van der Waals surface area contributed by atoms with Crippen LogP contribution in [-0.4, -0.2) is 0 Å². The maximum atomic E-state index is 6.38. The maximum absolute atomic E-state index is 6.38. The van der Waals surface area contributed by atoms with E-state index in [2.05, 4.69) is 0 Å². The number of halogens is 4. The Balaban J connectivity index is 2.19. The van der Waals surface area contributed by atoms with Crippen molar-refractivity contribution in [3.05, 3.63) is 68.7 Å². The summed E-state index contributed by atoms with van der Waals surface area (Å²) in [5.41, 5.74) is 1.95. The lowest BCUT2D eigenvalue weighted by Crippen LogP contribution is -1.96. The average molecular weight is 320 g/mol. The van der Waals surface area contributed by atoms with E-state index >= 15 is 0 Å². The van der Waals surface area contributed by atoms with Gasteiger partial charge in [0, 0.05) is 15.1 Å². The van der Waals surface area contributed by atoms with Crippen molar-refractivity contribution < 1.29 is 0 Å². The molecule has 0 amide bonds. The summed E-state index contributed by atoms with van der Waals surface area (Å²) < 4.78 is 0. The summed E-state index contributed by atoms with van der Waals surface area (Å²) in [6.45, 7) is 0. The van der Waals surface area contributed by atoms with Crippen LogP contribution in [0.15, 0.2) is 42.5 Å². The molecule has 0 fully saturated rings. The first kappa shape index (κ1) is 14.0. The minimum absolute atomic E-state index is 0.201. The van der Waals surface area contributed by atoms with Gasteiger partial charge >= 0.3 is 0 Å². The summed E-state index contributed by atoms with van der Waals surface area (Å²) in [5.74, 6) is 0. The van der Waals surface area contributed by atoms with Gasteiger partial charge in [-0.3, -0.25) is 0 Å². The second kappa shape index (κ2) is 6.16. The molecule has 18 heavy (non-hydrogen) atoms. The predicted octanol–water partition coefficient (Wildman–Crippen LogP) is 6.17. The molecule has 4 heteroatoms. The van der Waals surface area contributed by atoms with E-state index in [1.165, 1.54) is 0 Å². The lowest BCUT2D eigenvalue weighted by molar-refractivity contribution is 0.920. The van der Waals surface area contributed by atoms with Gasteiger partial charge in [-0.15, -0.1) is 11.6 Å². The van der Waals surface area contributed by atoms with Gasteiger partial charge < -0.3 is 0 Å². The fourth-order valence-electron chi connectivity index (χ4n) is 1.74. The lowest BCUT2D eigenvalue weighted by Gasteiger charge is -2.12. The van der Waals surface area contributed by atoms with E-state index in [-0.39, 0.29) is 5.38 Å². The van der Waals surface area contributed by atoms with Crippen LogP contribution in [0.4, 0.5) is 0 Å². The van der Waals surface area contributed by atoms with Crippen LogP contribution in [0.1, 0.15) is 16.5 Å². The lowest BCUT2D eigenvalue weighted by atomic mass is 10.0. The molecule has 0 aliphatic rings. The highest BCUT2D eigenvalue weighted by Crippen LogP contribution is 2.32. The van der Waals surface area contributed by atoms with Gasteiger partial charge in [-0.25, -0.2) is 0 Å². The molecule has 2 aromatic rings. The molecule has 2 aromatic carbocycles. The van der Waals surface area contributed by atoms with Crippen LogP contribution in [0, 0.1) is 0 Å². The SMILES string of the molecule is Clc1cccc(CC(Cl)c2ccc(Cl)cc2Cl)c1. The maximum Gasteiger partial charge on any atom is 0.0640 e. The molecule has 0 nitrogen and oxygen atoms in total. The Bertz CT molecular complexity index is 551. The highest BCUT2D eigenvalue weighted by atomic mass is 35.5. The Labute approximate surface area is 126 Å². The predicted molar refractivity (Wildman–Crippen MR) is 80.2 cm³/mol. The zero-order valence-electron chi connectivity index (χ0n) is 9.34. The van der Waals surface area contributed by atoms with Gasteiger partial charge in [-0.05, 0) is 41.8 Å². The Morgan fingerprint density at radius 2 is 1.61 bits per heavy atom. The molecule has 0 aliphatic heterocycles. The summed E-state index contributed by atoms with van der Waals surface area (Å²) >= 11 is 24.3. The topological polar surface area (TPSA) is 0 Å². The van der Waals surface area contributed by atoms with Crippen molar-refractivity contribution in [1.29, 1.82) is 0 Å². The summed E-state index contributed by atoms with van der Waals surface area (Å²) in [5, 5.41) is 1.70. The molecule has 0 N–H and O–H groups in total. The third kappa shape index (κ3) is 3.55. The zero-order chi connectivity index (χ0) is 13.1. The van der Waals surface area contributed by atoms with Crippen LogP contribution in [-0.2, 0) is 6.42 Å². The summed E-state index contributed by atoms with van der Waals surface area (Å²) in [6, 6.07) is 13.0. The largest absolute Gasteiger partial charge is 0.117 e. The van der Waals surface area contributed by atoms with Crippen molar-refractivity contribution in [1.82, 2.24) is 0 Å². The van der Waals surface area contributed by atoms with Crippen LogP contribution >= 0.6 is 46.4 Å². The van der Waals surface area contributed by atoms with Gasteiger partial charge in [0.1, 0.15) is 0 Å². The van der Waals surface area contributed by atoms with Gasteiger partial charge in [0.15, 0.2) is 0 Å². The standard InChI is InChI=1S/C14H10Cl4/c15-10-3-1-2-9(6-10)7-13(17)12-5-4-11(16)8-14(12)18/h1-6,8,13H,7H2. The van der Waals surface area contributed by atoms with Crippen LogP contribution in [0.3, 0.4) is 0 Å². The van der Waals surface area contributed by atoms with Crippen molar-refractivity contribution >= 4 is 46.4 Å². The van der Waals surface area contributed by atoms with Gasteiger partial charge in [-0.1, -0.05) is 53.0 Å². The minimum atomic E-state index is -0.201. The van der Waals surface area contributed by atoms with Crippen LogP contribution in [0.25, 0.3) is 0 Å². The van der Waals surface area contributed by atoms with Crippen LogP contribution in [0.5, 0.6) is 0 Å². The number of alkyl halides is 1. The fourth-order valence-corrected chi connectivity index (χ4v) is 2.91. The molecule has 0 spiro atoms. The van der Waals surface area contributed by atoms with Crippen LogP contribution < -0.4 is 0 Å². The highest BCUT2D eigenvalue weighted by molar-refractivity contribution is 6.36. The van der Waals surface area contributed by atoms with Gasteiger partial charge in [-0.2, -0.15) is 0 Å². The van der Waals surface area contributed by atoms with Gasteiger partial charge in [0.2, 0.25) is 0 Å². The molecule has 2 rings (SSSR count). The molecule has 1 unspecified atom stereocenters. The highest BCUT2D eigenvalue weighted by Gasteiger charge is 2.13. The first-order chi connectivity index (χ1) is 8.56. The molecule has 0 saturated carbocycles. The first-order valence-corrected chi connectivity index (χ1v) is 6.97. The number of hydrogen-bond acceptors (Lipinski definition) is 0. The summed E-state index contributed by atoms with van der Waals surface area (Å²) in [4.78, 5) is 0. The van der Waals surface area contributed by atoms with E-state index in [0.29, 0.717) is 21.5 Å². The molecule has 0 aliphatic carbocycles. The quantitative estimate of drug-likeness (QED) is 0.593. The molecule has 0 heterocycles. The van der Waals surface area contributed by atoms with Crippen molar-refractivity contribution in [3.8, 4) is 0 Å². The normalized spacial score (nSPS) is 12.4. The third-order valence-corrected chi connectivity index (χ3v) is 3.79. The molecule has 0 radical (unpaired) electrons. The molecule has 0 aromatic heterocycles. The average Bonchev–Trinajstić information content (AvgIpc) is 2.28. The summed E-state index contributed by atoms with van der Waals surface area (Å²) in [6.07, 6.45) is 0.670. The first-order valence-electron chi connectivity index (χ1n) is 5.40. The number of benzene rings is 2. The van der Waals surface area contributed by atoms with Crippen molar-refractivity contribution in [2.24, 2.45) is 0 Å². The minimum Gasteiger partial charge on any atom is -0.117 e. The number of rotatable bonds is 3. The van der Waals surface area contributed by atoms with E-state index in [9.17, 15) is 0 Å². The Hall–Kier alpha value is -0.400. The number of hydrogen-bond donors (Lipinski definition) is 0. The van der Waals surface area contributed by atoms with Gasteiger partial charge in [0.25, 0.3) is 0 Å². The van der Waals surface area contributed by atoms with E-state index < -0.39 is 0 Å². The molecular weight excluding hydrogens is 310 g/mol. The van der Waals surface area contributed by atoms with Crippen LogP contribution in [0.2, 0.25) is 15.1 Å².